The maximum Gasteiger partial charge on any atom is 0.338 e. The van der Waals surface area contributed by atoms with E-state index in [9.17, 15) is 20.1 Å². The Balaban J connectivity index is 2.01. The second kappa shape index (κ2) is 7.19. The van der Waals surface area contributed by atoms with Crippen molar-refractivity contribution in [1.29, 1.82) is 0 Å². The van der Waals surface area contributed by atoms with Crippen LogP contribution >= 0.6 is 0 Å². The molecule has 0 spiro atoms. The van der Waals surface area contributed by atoms with Crippen LogP contribution in [0, 0.1) is 6.92 Å². The predicted molar refractivity (Wildman–Crippen MR) is 87.7 cm³/mol. The molecule has 1 heterocycles. The molecular formula is C18H26O6. The summed E-state index contributed by atoms with van der Waals surface area (Å²) in [5.41, 5.74) is 2.54. The molecule has 1 unspecified atom stereocenters. The van der Waals surface area contributed by atoms with Crippen molar-refractivity contribution >= 4 is 5.97 Å². The van der Waals surface area contributed by atoms with Gasteiger partial charge in [-0.3, -0.25) is 0 Å². The van der Waals surface area contributed by atoms with E-state index in [0.717, 1.165) is 11.1 Å². The van der Waals surface area contributed by atoms with Gasteiger partial charge in [0, 0.05) is 6.42 Å². The number of aliphatic hydroxyl groups is 3. The third-order valence-corrected chi connectivity index (χ3v) is 4.20. The van der Waals surface area contributed by atoms with Gasteiger partial charge in [0.15, 0.2) is 6.29 Å². The fourth-order valence-electron chi connectivity index (χ4n) is 2.94. The minimum Gasteiger partial charge on any atom is -0.459 e. The molecule has 24 heavy (non-hydrogen) atoms. The van der Waals surface area contributed by atoms with Crippen LogP contribution in [-0.2, 0) is 14.9 Å². The lowest BCUT2D eigenvalue weighted by molar-refractivity contribution is -0.239. The summed E-state index contributed by atoms with van der Waals surface area (Å²) < 4.78 is 10.3. The summed E-state index contributed by atoms with van der Waals surface area (Å²) in [6.45, 7) is 8.01. The maximum absolute atomic E-state index is 12.2. The van der Waals surface area contributed by atoms with Crippen LogP contribution < -0.4 is 0 Å². The average molecular weight is 338 g/mol. The first kappa shape index (κ1) is 18.9. The third kappa shape index (κ3) is 4.33. The first-order chi connectivity index (χ1) is 11.1. The molecule has 134 valence electrons. The van der Waals surface area contributed by atoms with Crippen LogP contribution in [0.1, 0.15) is 48.7 Å². The van der Waals surface area contributed by atoms with E-state index in [0.29, 0.717) is 5.56 Å². The van der Waals surface area contributed by atoms with E-state index in [1.807, 2.05) is 13.0 Å². The second-order valence-corrected chi connectivity index (χ2v) is 7.30. The van der Waals surface area contributed by atoms with Crippen molar-refractivity contribution in [3.05, 3.63) is 34.9 Å². The molecule has 1 fully saturated rings. The average Bonchev–Trinajstić information content (AvgIpc) is 2.47. The van der Waals surface area contributed by atoms with Crippen molar-refractivity contribution in [2.75, 3.05) is 6.61 Å². The molecule has 1 saturated heterocycles. The van der Waals surface area contributed by atoms with Crippen LogP contribution in [0.4, 0.5) is 0 Å². The van der Waals surface area contributed by atoms with Crippen molar-refractivity contribution in [1.82, 2.24) is 0 Å². The van der Waals surface area contributed by atoms with Crippen molar-refractivity contribution < 1.29 is 29.6 Å². The monoisotopic (exact) mass is 338 g/mol. The normalized spacial score (nSPS) is 27.8. The van der Waals surface area contributed by atoms with Crippen LogP contribution in [0.3, 0.4) is 0 Å². The number of aliphatic hydroxyl groups excluding tert-OH is 3. The van der Waals surface area contributed by atoms with Gasteiger partial charge in [0.1, 0.15) is 18.8 Å². The standard InChI is InChI=1S/C18H26O6/c1-10-7-11(5-6-12(10)18(2,3)4)17(22)23-9-14-16(21)13(19)8-15(20)24-14/h5-7,13-16,19-21H,8-9H2,1-4H3/t13-,14-,15?,16-/m1/s1. The Morgan fingerprint density at radius 1 is 1.29 bits per heavy atom. The van der Waals surface area contributed by atoms with Crippen LogP contribution in [-0.4, -0.2) is 52.5 Å². The van der Waals surface area contributed by atoms with Crippen molar-refractivity contribution in [2.24, 2.45) is 0 Å². The molecule has 4 atom stereocenters. The summed E-state index contributed by atoms with van der Waals surface area (Å²) in [6, 6.07) is 5.38. The summed E-state index contributed by atoms with van der Waals surface area (Å²) in [7, 11) is 0. The Morgan fingerprint density at radius 2 is 1.96 bits per heavy atom. The van der Waals surface area contributed by atoms with E-state index in [2.05, 4.69) is 20.8 Å². The Labute approximate surface area is 142 Å². The lowest BCUT2D eigenvalue weighted by Crippen LogP contribution is -2.50. The van der Waals surface area contributed by atoms with Gasteiger partial charge in [-0.05, 0) is 35.6 Å². The van der Waals surface area contributed by atoms with E-state index in [4.69, 9.17) is 9.47 Å². The second-order valence-electron chi connectivity index (χ2n) is 7.30. The van der Waals surface area contributed by atoms with E-state index in [1.165, 1.54) is 0 Å². The fraction of sp³-hybridized carbons (Fsp3) is 0.611. The summed E-state index contributed by atoms with van der Waals surface area (Å²) in [5.74, 6) is -0.538. The molecule has 1 aromatic rings. The number of aryl methyl sites for hydroxylation is 1. The molecule has 0 aromatic heterocycles. The Morgan fingerprint density at radius 3 is 2.54 bits per heavy atom. The minimum absolute atomic E-state index is 0.0150. The molecule has 3 N–H and O–H groups in total. The highest BCUT2D eigenvalue weighted by Crippen LogP contribution is 2.26. The van der Waals surface area contributed by atoms with Gasteiger partial charge in [-0.1, -0.05) is 26.8 Å². The summed E-state index contributed by atoms with van der Waals surface area (Å²) in [5, 5.41) is 28.9. The fourth-order valence-corrected chi connectivity index (χ4v) is 2.94. The van der Waals surface area contributed by atoms with Crippen LogP contribution in [0.25, 0.3) is 0 Å². The van der Waals surface area contributed by atoms with Gasteiger partial charge in [-0.15, -0.1) is 0 Å². The number of rotatable bonds is 3. The predicted octanol–water partition coefficient (Wildman–Crippen LogP) is 1.28. The third-order valence-electron chi connectivity index (χ3n) is 4.20. The van der Waals surface area contributed by atoms with Gasteiger partial charge in [0.05, 0.1) is 11.7 Å². The zero-order valence-corrected chi connectivity index (χ0v) is 14.5. The number of hydrogen-bond acceptors (Lipinski definition) is 6. The first-order valence-corrected chi connectivity index (χ1v) is 8.07. The Hall–Kier alpha value is -1.47. The molecule has 1 aromatic carbocycles. The van der Waals surface area contributed by atoms with Crippen molar-refractivity contribution in [2.45, 2.75) is 64.1 Å². The molecule has 0 saturated carbocycles. The highest BCUT2D eigenvalue weighted by atomic mass is 16.6. The van der Waals surface area contributed by atoms with Gasteiger partial charge >= 0.3 is 5.97 Å². The molecule has 2 rings (SSSR count). The van der Waals surface area contributed by atoms with Crippen LogP contribution in [0.5, 0.6) is 0 Å². The molecule has 0 radical (unpaired) electrons. The van der Waals surface area contributed by atoms with Gasteiger partial charge in [0.25, 0.3) is 0 Å². The lowest BCUT2D eigenvalue weighted by atomic mass is 9.83. The largest absolute Gasteiger partial charge is 0.459 e. The van der Waals surface area contributed by atoms with E-state index in [-0.39, 0.29) is 18.4 Å². The highest BCUT2D eigenvalue weighted by Gasteiger charge is 2.36. The van der Waals surface area contributed by atoms with Gasteiger partial charge < -0.3 is 24.8 Å². The number of esters is 1. The molecule has 0 amide bonds. The molecule has 0 aliphatic carbocycles. The number of hydrogen-bond donors (Lipinski definition) is 3. The summed E-state index contributed by atoms with van der Waals surface area (Å²) in [4.78, 5) is 12.2. The lowest BCUT2D eigenvalue weighted by Gasteiger charge is -2.34. The smallest absolute Gasteiger partial charge is 0.338 e. The molecule has 6 nitrogen and oxygen atoms in total. The number of benzene rings is 1. The zero-order chi connectivity index (χ0) is 18.1. The Bertz CT molecular complexity index is 592. The van der Waals surface area contributed by atoms with Crippen molar-refractivity contribution in [3.8, 4) is 0 Å². The number of carbonyl (C=O) groups is 1. The molecule has 0 bridgehead atoms. The van der Waals surface area contributed by atoms with Crippen molar-refractivity contribution in [3.63, 3.8) is 0 Å². The van der Waals surface area contributed by atoms with Gasteiger partial charge in [-0.25, -0.2) is 4.79 Å². The topological polar surface area (TPSA) is 96.2 Å². The summed E-state index contributed by atoms with van der Waals surface area (Å²) in [6.07, 6.45) is -4.51. The number of carbonyl (C=O) groups excluding carboxylic acids is 1. The number of ether oxygens (including phenoxy) is 2. The SMILES string of the molecule is Cc1cc(C(=O)OC[C@H]2OC(O)C[C@@H](O)[C@H]2O)ccc1C(C)(C)C. The van der Waals surface area contributed by atoms with E-state index >= 15 is 0 Å². The minimum atomic E-state index is -1.20. The maximum atomic E-state index is 12.2. The molecule has 1 aliphatic rings. The van der Waals surface area contributed by atoms with Gasteiger partial charge in [-0.2, -0.15) is 0 Å². The van der Waals surface area contributed by atoms with E-state index in [1.54, 1.807) is 12.1 Å². The van der Waals surface area contributed by atoms with Gasteiger partial charge in [0.2, 0.25) is 0 Å². The van der Waals surface area contributed by atoms with Crippen LogP contribution in [0.15, 0.2) is 18.2 Å². The van der Waals surface area contributed by atoms with E-state index < -0.39 is 30.6 Å². The van der Waals surface area contributed by atoms with Crippen LogP contribution in [0.2, 0.25) is 0 Å². The quantitative estimate of drug-likeness (QED) is 0.719. The molecule has 6 heteroatoms. The zero-order valence-electron chi connectivity index (χ0n) is 14.5. The summed E-state index contributed by atoms with van der Waals surface area (Å²) >= 11 is 0. The molecular weight excluding hydrogens is 312 g/mol. The highest BCUT2D eigenvalue weighted by molar-refractivity contribution is 5.89. The Kier molecular flexibility index (Phi) is 5.65. The molecule has 1 aliphatic heterocycles. The first-order valence-electron chi connectivity index (χ1n) is 8.07.